The van der Waals surface area contributed by atoms with Crippen LogP contribution in [0.4, 0.5) is 11.4 Å². The van der Waals surface area contributed by atoms with Gasteiger partial charge in [0.2, 0.25) is 5.91 Å². The summed E-state index contributed by atoms with van der Waals surface area (Å²) in [7, 11) is 0. The standard InChI is InChI=1S/C24H26N4O3/c1-14(13-26-24(30)17-4-6-18(7-5-17)27-15(2)29)22-19-9-10-31-23(19)20-11-16(12-25)3-8-21(20)28-22/h3-8,11,14,19,22-23,28H,9-10,13H2,1-2H3,(H,26,30)(H,27,29)/t14?,19-,22-,23+/m0/s1. The highest BCUT2D eigenvalue weighted by Crippen LogP contribution is 2.46. The Balaban J connectivity index is 1.41. The number of ether oxygens (including phenoxy) is 1. The molecule has 4 rings (SSSR count). The normalized spacial score (nSPS) is 22.3. The maximum Gasteiger partial charge on any atom is 0.251 e. The first-order chi connectivity index (χ1) is 15.0. The molecule has 4 atom stereocenters. The third-order valence-electron chi connectivity index (χ3n) is 6.07. The summed E-state index contributed by atoms with van der Waals surface area (Å²) in [5.41, 5.74) is 3.90. The zero-order valence-electron chi connectivity index (χ0n) is 17.6. The molecule has 160 valence electrons. The Kier molecular flexibility index (Phi) is 5.92. The van der Waals surface area contributed by atoms with Crippen LogP contribution in [0.25, 0.3) is 0 Å². The molecule has 0 aliphatic carbocycles. The zero-order chi connectivity index (χ0) is 22.0. The van der Waals surface area contributed by atoms with E-state index in [-0.39, 0.29) is 29.9 Å². The van der Waals surface area contributed by atoms with Crippen molar-refractivity contribution in [3.8, 4) is 6.07 Å². The lowest BCUT2D eigenvalue weighted by atomic mass is 9.78. The van der Waals surface area contributed by atoms with Crippen LogP contribution in [-0.2, 0) is 9.53 Å². The molecule has 2 aromatic rings. The van der Waals surface area contributed by atoms with Gasteiger partial charge in [-0.05, 0) is 54.8 Å². The predicted octanol–water partition coefficient (Wildman–Crippen LogP) is 3.45. The average molecular weight is 418 g/mol. The Morgan fingerprint density at radius 1 is 1.26 bits per heavy atom. The molecule has 1 saturated heterocycles. The van der Waals surface area contributed by atoms with Crippen LogP contribution >= 0.6 is 0 Å². The van der Waals surface area contributed by atoms with Crippen LogP contribution in [0.15, 0.2) is 42.5 Å². The fourth-order valence-electron chi connectivity index (χ4n) is 4.54. The lowest BCUT2D eigenvalue weighted by Crippen LogP contribution is -2.44. The van der Waals surface area contributed by atoms with Gasteiger partial charge in [0.15, 0.2) is 0 Å². The average Bonchev–Trinajstić information content (AvgIpc) is 3.26. The van der Waals surface area contributed by atoms with E-state index in [0.29, 0.717) is 35.9 Å². The van der Waals surface area contributed by atoms with Gasteiger partial charge >= 0.3 is 0 Å². The number of fused-ring (bicyclic) bond motifs is 3. The summed E-state index contributed by atoms with van der Waals surface area (Å²) in [5.74, 6) is 0.187. The maximum atomic E-state index is 12.6. The predicted molar refractivity (Wildman–Crippen MR) is 118 cm³/mol. The number of carbonyl (C=O) groups excluding carboxylic acids is 2. The van der Waals surface area contributed by atoms with Gasteiger partial charge in [0.25, 0.3) is 5.91 Å². The van der Waals surface area contributed by atoms with E-state index in [0.717, 1.165) is 17.7 Å². The van der Waals surface area contributed by atoms with E-state index in [2.05, 4.69) is 28.9 Å². The lowest BCUT2D eigenvalue weighted by molar-refractivity contribution is -0.114. The van der Waals surface area contributed by atoms with Crippen molar-refractivity contribution in [3.63, 3.8) is 0 Å². The van der Waals surface area contributed by atoms with Crippen LogP contribution in [0, 0.1) is 23.2 Å². The molecule has 7 heteroatoms. The third kappa shape index (κ3) is 4.39. The van der Waals surface area contributed by atoms with Gasteiger partial charge in [0, 0.05) is 54.5 Å². The van der Waals surface area contributed by atoms with E-state index < -0.39 is 0 Å². The lowest BCUT2D eigenvalue weighted by Gasteiger charge is -2.39. The number of nitrogens with zero attached hydrogens (tertiary/aromatic N) is 1. The second-order valence-corrected chi connectivity index (χ2v) is 8.27. The van der Waals surface area contributed by atoms with E-state index in [1.165, 1.54) is 6.92 Å². The van der Waals surface area contributed by atoms with Gasteiger partial charge in [-0.15, -0.1) is 0 Å². The van der Waals surface area contributed by atoms with Crippen LogP contribution in [-0.4, -0.2) is 31.0 Å². The molecule has 7 nitrogen and oxygen atoms in total. The van der Waals surface area contributed by atoms with Gasteiger partial charge in [-0.25, -0.2) is 0 Å². The van der Waals surface area contributed by atoms with E-state index in [1.807, 2.05) is 18.2 Å². The molecular weight excluding hydrogens is 392 g/mol. The highest BCUT2D eigenvalue weighted by atomic mass is 16.5. The summed E-state index contributed by atoms with van der Waals surface area (Å²) < 4.78 is 6.03. The van der Waals surface area contributed by atoms with E-state index in [1.54, 1.807) is 24.3 Å². The van der Waals surface area contributed by atoms with Gasteiger partial charge in [0.05, 0.1) is 17.7 Å². The Morgan fingerprint density at radius 2 is 2.03 bits per heavy atom. The number of hydrogen-bond donors (Lipinski definition) is 3. The molecule has 31 heavy (non-hydrogen) atoms. The van der Waals surface area contributed by atoms with Gasteiger partial charge in [-0.3, -0.25) is 9.59 Å². The number of carbonyl (C=O) groups is 2. The van der Waals surface area contributed by atoms with Crippen molar-refractivity contribution in [1.82, 2.24) is 5.32 Å². The van der Waals surface area contributed by atoms with Crippen LogP contribution in [0.3, 0.4) is 0 Å². The first-order valence-electron chi connectivity index (χ1n) is 10.5. The van der Waals surface area contributed by atoms with Crippen molar-refractivity contribution in [2.24, 2.45) is 11.8 Å². The van der Waals surface area contributed by atoms with Crippen LogP contribution in [0.1, 0.15) is 47.9 Å². The van der Waals surface area contributed by atoms with E-state index in [9.17, 15) is 14.9 Å². The molecule has 3 N–H and O–H groups in total. The van der Waals surface area contributed by atoms with E-state index >= 15 is 0 Å². The molecule has 2 aliphatic heterocycles. The van der Waals surface area contributed by atoms with Gasteiger partial charge < -0.3 is 20.7 Å². The molecule has 0 saturated carbocycles. The highest BCUT2D eigenvalue weighted by molar-refractivity contribution is 5.95. The summed E-state index contributed by atoms with van der Waals surface area (Å²) >= 11 is 0. The monoisotopic (exact) mass is 418 g/mol. The summed E-state index contributed by atoms with van der Waals surface area (Å²) in [6, 6.07) is 14.9. The third-order valence-corrected chi connectivity index (χ3v) is 6.07. The number of nitriles is 1. The molecule has 2 amide bonds. The topological polar surface area (TPSA) is 103 Å². The number of nitrogens with one attached hydrogen (secondary N) is 3. The van der Waals surface area contributed by atoms with Crippen molar-refractivity contribution in [2.45, 2.75) is 32.4 Å². The van der Waals surface area contributed by atoms with Gasteiger partial charge in [-0.1, -0.05) is 6.92 Å². The fraction of sp³-hybridized carbons (Fsp3) is 0.375. The Hall–Kier alpha value is -3.37. The molecule has 0 radical (unpaired) electrons. The second-order valence-electron chi connectivity index (χ2n) is 8.27. The molecule has 2 heterocycles. The number of rotatable bonds is 5. The highest BCUT2D eigenvalue weighted by Gasteiger charge is 2.42. The quantitative estimate of drug-likeness (QED) is 0.690. The largest absolute Gasteiger partial charge is 0.381 e. The van der Waals surface area contributed by atoms with Crippen molar-refractivity contribution in [3.05, 3.63) is 59.2 Å². The number of amides is 2. The fourth-order valence-corrected chi connectivity index (χ4v) is 4.54. The molecule has 1 unspecified atom stereocenters. The maximum absolute atomic E-state index is 12.6. The van der Waals surface area contributed by atoms with Crippen LogP contribution < -0.4 is 16.0 Å². The number of hydrogen-bond acceptors (Lipinski definition) is 5. The SMILES string of the molecule is CC(=O)Nc1ccc(C(=O)NCC(C)[C@@H]2Nc3ccc(C#N)cc3[C@@H]3OCC[C@H]32)cc1. The van der Waals surface area contributed by atoms with Gasteiger partial charge in [-0.2, -0.15) is 5.26 Å². The summed E-state index contributed by atoms with van der Waals surface area (Å²) in [4.78, 5) is 23.7. The smallest absolute Gasteiger partial charge is 0.251 e. The van der Waals surface area contributed by atoms with E-state index in [4.69, 9.17) is 4.74 Å². The van der Waals surface area contributed by atoms with Crippen LogP contribution in [0.5, 0.6) is 0 Å². The van der Waals surface area contributed by atoms with Gasteiger partial charge in [0.1, 0.15) is 0 Å². The Morgan fingerprint density at radius 3 is 2.74 bits per heavy atom. The first-order valence-corrected chi connectivity index (χ1v) is 10.5. The molecule has 1 fully saturated rings. The molecule has 2 aliphatic rings. The van der Waals surface area contributed by atoms with Crippen LogP contribution in [0.2, 0.25) is 0 Å². The number of benzene rings is 2. The summed E-state index contributed by atoms with van der Waals surface area (Å²) in [6.07, 6.45) is 0.926. The minimum absolute atomic E-state index is 0.0194. The Labute approximate surface area is 181 Å². The minimum atomic E-state index is -0.148. The first kappa shape index (κ1) is 20.9. The van der Waals surface area contributed by atoms with Crippen molar-refractivity contribution < 1.29 is 14.3 Å². The second kappa shape index (κ2) is 8.78. The molecule has 0 bridgehead atoms. The molecule has 0 aromatic heterocycles. The molecule has 2 aromatic carbocycles. The number of anilines is 2. The van der Waals surface area contributed by atoms with Crippen molar-refractivity contribution in [2.75, 3.05) is 23.8 Å². The minimum Gasteiger partial charge on any atom is -0.381 e. The summed E-state index contributed by atoms with van der Waals surface area (Å²) in [5, 5.41) is 18.6. The van der Waals surface area contributed by atoms with Crippen molar-refractivity contribution >= 4 is 23.2 Å². The van der Waals surface area contributed by atoms with Crippen molar-refractivity contribution in [1.29, 1.82) is 5.26 Å². The zero-order valence-corrected chi connectivity index (χ0v) is 17.6. The molecule has 0 spiro atoms. The summed E-state index contributed by atoms with van der Waals surface area (Å²) in [6.45, 7) is 4.80. The Bertz CT molecular complexity index is 1030. The molecular formula is C24H26N4O3.